The topological polar surface area (TPSA) is 27.8 Å². The molecule has 11 heavy (non-hydrogen) atoms. The van der Waals surface area contributed by atoms with Crippen molar-refractivity contribution in [3.63, 3.8) is 0 Å². The lowest BCUT2D eigenvalue weighted by Crippen LogP contribution is -2.06. The van der Waals surface area contributed by atoms with Crippen molar-refractivity contribution < 1.29 is 0 Å². The molecule has 0 spiro atoms. The van der Waals surface area contributed by atoms with Crippen molar-refractivity contribution in [1.82, 2.24) is 10.3 Å². The fraction of sp³-hybridized carbons (Fsp3) is 0.556. The van der Waals surface area contributed by atoms with Crippen LogP contribution in [0.1, 0.15) is 22.5 Å². The molecule has 2 heteroatoms. The Balaban J connectivity index is 3.02. The van der Waals surface area contributed by atoms with Gasteiger partial charge in [0, 0.05) is 17.9 Å². The molecule has 62 valence electrons. The SMILES string of the molecule is CNCc1c(C)[nH]c(C)c1C. The van der Waals surface area contributed by atoms with Gasteiger partial charge in [-0.1, -0.05) is 0 Å². The van der Waals surface area contributed by atoms with Crippen molar-refractivity contribution in [2.24, 2.45) is 0 Å². The zero-order valence-corrected chi connectivity index (χ0v) is 7.71. The zero-order chi connectivity index (χ0) is 8.43. The molecular weight excluding hydrogens is 136 g/mol. The number of hydrogen-bond acceptors (Lipinski definition) is 1. The normalized spacial score (nSPS) is 10.5. The van der Waals surface area contributed by atoms with E-state index in [-0.39, 0.29) is 0 Å². The molecule has 0 aliphatic rings. The smallest absolute Gasteiger partial charge is 0.0222 e. The third-order valence-corrected chi connectivity index (χ3v) is 2.20. The first kappa shape index (κ1) is 8.34. The van der Waals surface area contributed by atoms with Gasteiger partial charge in [0.1, 0.15) is 0 Å². The molecule has 0 aliphatic carbocycles. The molecule has 0 radical (unpaired) electrons. The average molecular weight is 152 g/mol. The van der Waals surface area contributed by atoms with Crippen LogP contribution < -0.4 is 5.32 Å². The summed E-state index contributed by atoms with van der Waals surface area (Å²) in [7, 11) is 1.97. The van der Waals surface area contributed by atoms with Gasteiger partial charge in [0.15, 0.2) is 0 Å². The van der Waals surface area contributed by atoms with Crippen LogP contribution in [0.15, 0.2) is 0 Å². The minimum atomic E-state index is 0.960. The van der Waals surface area contributed by atoms with Crippen LogP contribution in [0, 0.1) is 20.8 Å². The number of aromatic nitrogens is 1. The third kappa shape index (κ3) is 1.46. The molecule has 0 saturated carbocycles. The summed E-state index contributed by atoms with van der Waals surface area (Å²) in [5, 5.41) is 3.16. The second kappa shape index (κ2) is 3.09. The molecule has 2 nitrogen and oxygen atoms in total. The standard InChI is InChI=1S/C9H16N2/c1-6-7(2)11-8(3)9(6)5-10-4/h10-11H,5H2,1-4H3. The first-order valence-corrected chi connectivity index (χ1v) is 3.96. The Kier molecular flexibility index (Phi) is 2.35. The maximum atomic E-state index is 3.32. The van der Waals surface area contributed by atoms with E-state index < -0.39 is 0 Å². The molecule has 1 aromatic heterocycles. The van der Waals surface area contributed by atoms with E-state index in [9.17, 15) is 0 Å². The minimum Gasteiger partial charge on any atom is -0.362 e. The highest BCUT2D eigenvalue weighted by Gasteiger charge is 2.05. The van der Waals surface area contributed by atoms with Gasteiger partial charge in [-0.2, -0.15) is 0 Å². The van der Waals surface area contributed by atoms with Crippen LogP contribution in [0.25, 0.3) is 0 Å². The molecule has 0 atom stereocenters. The molecule has 0 aromatic carbocycles. The second-order valence-electron chi connectivity index (χ2n) is 3.01. The van der Waals surface area contributed by atoms with Crippen LogP contribution >= 0.6 is 0 Å². The average Bonchev–Trinajstić information content (AvgIpc) is 2.17. The summed E-state index contributed by atoms with van der Waals surface area (Å²) in [6, 6.07) is 0. The lowest BCUT2D eigenvalue weighted by molar-refractivity contribution is 0.807. The lowest BCUT2D eigenvalue weighted by Gasteiger charge is -1.99. The number of nitrogens with one attached hydrogen (secondary N) is 2. The molecule has 0 unspecified atom stereocenters. The van der Waals surface area contributed by atoms with Gasteiger partial charge in [0.25, 0.3) is 0 Å². The van der Waals surface area contributed by atoms with E-state index in [1.54, 1.807) is 0 Å². The highest BCUT2D eigenvalue weighted by Crippen LogP contribution is 2.15. The van der Waals surface area contributed by atoms with E-state index in [0.717, 1.165) is 6.54 Å². The highest BCUT2D eigenvalue weighted by molar-refractivity contribution is 5.34. The van der Waals surface area contributed by atoms with Gasteiger partial charge in [-0.25, -0.2) is 0 Å². The predicted octanol–water partition coefficient (Wildman–Crippen LogP) is 1.66. The number of H-pyrrole nitrogens is 1. The van der Waals surface area contributed by atoms with E-state index in [1.165, 1.54) is 22.5 Å². The predicted molar refractivity (Wildman–Crippen MR) is 47.8 cm³/mol. The summed E-state index contributed by atoms with van der Waals surface area (Å²) < 4.78 is 0. The van der Waals surface area contributed by atoms with Crippen LogP contribution in [0.2, 0.25) is 0 Å². The summed E-state index contributed by atoms with van der Waals surface area (Å²) in [6.07, 6.45) is 0. The molecule has 0 saturated heterocycles. The van der Waals surface area contributed by atoms with E-state index >= 15 is 0 Å². The van der Waals surface area contributed by atoms with Gasteiger partial charge < -0.3 is 10.3 Å². The van der Waals surface area contributed by atoms with Crippen LogP contribution in [0.4, 0.5) is 0 Å². The Morgan fingerprint density at radius 3 is 2.18 bits per heavy atom. The fourth-order valence-electron chi connectivity index (χ4n) is 1.40. The van der Waals surface area contributed by atoms with Crippen LogP contribution in [-0.2, 0) is 6.54 Å². The Morgan fingerprint density at radius 1 is 1.18 bits per heavy atom. The van der Waals surface area contributed by atoms with Crippen LogP contribution in [0.5, 0.6) is 0 Å². The van der Waals surface area contributed by atoms with Crippen molar-refractivity contribution in [1.29, 1.82) is 0 Å². The molecule has 0 amide bonds. The summed E-state index contributed by atoms with van der Waals surface area (Å²) in [5.74, 6) is 0. The Hall–Kier alpha value is -0.760. The lowest BCUT2D eigenvalue weighted by atomic mass is 10.1. The van der Waals surface area contributed by atoms with E-state index in [0.29, 0.717) is 0 Å². The molecule has 0 fully saturated rings. The molecule has 2 N–H and O–H groups in total. The summed E-state index contributed by atoms with van der Waals surface area (Å²) in [6.45, 7) is 7.35. The van der Waals surface area contributed by atoms with Gasteiger partial charge in [-0.3, -0.25) is 0 Å². The van der Waals surface area contributed by atoms with Crippen molar-refractivity contribution in [2.75, 3.05) is 7.05 Å². The van der Waals surface area contributed by atoms with Gasteiger partial charge >= 0.3 is 0 Å². The fourth-order valence-corrected chi connectivity index (χ4v) is 1.40. The molecule has 0 bridgehead atoms. The quantitative estimate of drug-likeness (QED) is 0.662. The van der Waals surface area contributed by atoms with Crippen LogP contribution in [0.3, 0.4) is 0 Å². The molecule has 1 heterocycles. The minimum absolute atomic E-state index is 0.960. The van der Waals surface area contributed by atoms with Crippen molar-refractivity contribution in [2.45, 2.75) is 27.3 Å². The molecule has 1 rings (SSSR count). The van der Waals surface area contributed by atoms with Crippen molar-refractivity contribution in [3.05, 3.63) is 22.5 Å². The summed E-state index contributed by atoms with van der Waals surface area (Å²) in [4.78, 5) is 3.32. The van der Waals surface area contributed by atoms with Gasteiger partial charge in [-0.05, 0) is 38.9 Å². The first-order chi connectivity index (χ1) is 5.16. The highest BCUT2D eigenvalue weighted by atomic mass is 14.8. The first-order valence-electron chi connectivity index (χ1n) is 3.96. The van der Waals surface area contributed by atoms with Crippen molar-refractivity contribution >= 4 is 0 Å². The summed E-state index contributed by atoms with van der Waals surface area (Å²) in [5.41, 5.74) is 5.36. The molecule has 1 aromatic rings. The Labute approximate surface area is 68.0 Å². The summed E-state index contributed by atoms with van der Waals surface area (Å²) >= 11 is 0. The maximum Gasteiger partial charge on any atom is 0.0222 e. The van der Waals surface area contributed by atoms with E-state index in [4.69, 9.17) is 0 Å². The van der Waals surface area contributed by atoms with Crippen LogP contribution in [-0.4, -0.2) is 12.0 Å². The molecular formula is C9H16N2. The Bertz CT molecular complexity index is 248. The van der Waals surface area contributed by atoms with Gasteiger partial charge in [-0.15, -0.1) is 0 Å². The zero-order valence-electron chi connectivity index (χ0n) is 7.71. The molecule has 0 aliphatic heterocycles. The second-order valence-corrected chi connectivity index (χ2v) is 3.01. The number of rotatable bonds is 2. The van der Waals surface area contributed by atoms with Crippen molar-refractivity contribution in [3.8, 4) is 0 Å². The van der Waals surface area contributed by atoms with E-state index in [1.807, 2.05) is 7.05 Å². The third-order valence-electron chi connectivity index (χ3n) is 2.20. The largest absolute Gasteiger partial charge is 0.362 e. The Morgan fingerprint density at radius 2 is 1.82 bits per heavy atom. The number of hydrogen-bond donors (Lipinski definition) is 2. The monoisotopic (exact) mass is 152 g/mol. The number of aromatic amines is 1. The van der Waals surface area contributed by atoms with Gasteiger partial charge in [0.05, 0.1) is 0 Å². The van der Waals surface area contributed by atoms with E-state index in [2.05, 4.69) is 31.1 Å². The maximum absolute atomic E-state index is 3.32. The van der Waals surface area contributed by atoms with Gasteiger partial charge in [0.2, 0.25) is 0 Å². The number of aryl methyl sites for hydroxylation is 2.